The van der Waals surface area contributed by atoms with Crippen molar-refractivity contribution in [2.75, 3.05) is 32.8 Å². The van der Waals surface area contributed by atoms with E-state index in [9.17, 15) is 4.79 Å². The second kappa shape index (κ2) is 7.08. The van der Waals surface area contributed by atoms with Gasteiger partial charge in [0.05, 0.1) is 11.4 Å². The number of hydrogen-bond acceptors (Lipinski definition) is 4. The van der Waals surface area contributed by atoms with E-state index in [1.807, 2.05) is 4.90 Å². The molecular formula is C19H30N4O2. The number of amides is 1. The van der Waals surface area contributed by atoms with E-state index in [0.717, 1.165) is 58.7 Å². The summed E-state index contributed by atoms with van der Waals surface area (Å²) in [6, 6.07) is 0. The Bertz CT molecular complexity index is 634. The molecule has 3 aliphatic rings. The summed E-state index contributed by atoms with van der Waals surface area (Å²) in [4.78, 5) is 21.9. The topological polar surface area (TPSA) is 50.6 Å². The van der Waals surface area contributed by atoms with E-state index in [1.165, 1.54) is 30.1 Å². The lowest BCUT2D eigenvalue weighted by Gasteiger charge is -2.36. The molecule has 4 rings (SSSR count). The van der Waals surface area contributed by atoms with Crippen LogP contribution in [0.3, 0.4) is 0 Å². The predicted octanol–water partition coefficient (Wildman–Crippen LogP) is 1.60. The summed E-state index contributed by atoms with van der Waals surface area (Å²) in [5.74, 6) is 1.81. The number of aryl methyl sites for hydroxylation is 2. The number of piperazine rings is 1. The summed E-state index contributed by atoms with van der Waals surface area (Å²) in [5, 5.41) is 0. The normalized spacial score (nSPS) is 27.5. The van der Waals surface area contributed by atoms with Gasteiger partial charge in [0, 0.05) is 52.3 Å². The molecule has 1 aromatic rings. The smallest absolute Gasteiger partial charge is 0.252 e. The van der Waals surface area contributed by atoms with Crippen molar-refractivity contribution >= 4 is 5.91 Å². The van der Waals surface area contributed by atoms with E-state index >= 15 is 0 Å². The van der Waals surface area contributed by atoms with Gasteiger partial charge in [0.15, 0.2) is 0 Å². The lowest BCUT2D eigenvalue weighted by atomic mass is 10.0. The zero-order chi connectivity index (χ0) is 17.4. The maximum absolute atomic E-state index is 12.6. The highest BCUT2D eigenvalue weighted by Gasteiger charge is 2.35. The number of aromatic nitrogens is 2. The van der Waals surface area contributed by atoms with Gasteiger partial charge in [0.1, 0.15) is 11.9 Å². The molecule has 1 amide bonds. The van der Waals surface area contributed by atoms with Crippen molar-refractivity contribution in [3.05, 3.63) is 17.2 Å². The molecule has 0 radical (unpaired) electrons. The molecule has 6 nitrogen and oxygen atoms in total. The first-order chi connectivity index (χ1) is 12.1. The lowest BCUT2D eigenvalue weighted by Crippen LogP contribution is -2.52. The zero-order valence-corrected chi connectivity index (χ0v) is 15.5. The van der Waals surface area contributed by atoms with Crippen molar-refractivity contribution < 1.29 is 9.53 Å². The number of carbonyl (C=O) groups is 1. The standard InChI is InChI=1S/C19H30N4O2/c1-14-6-12-25-18(14)19(24)22-10-8-21(9-11-22)13-16-15(2)20-17-5-3-4-7-23(16)17/h14,18H,3-13H2,1-2H3/t14-,18+/m1/s1. The Labute approximate surface area is 150 Å². The van der Waals surface area contributed by atoms with Gasteiger partial charge < -0.3 is 14.2 Å². The van der Waals surface area contributed by atoms with Gasteiger partial charge in [0.2, 0.25) is 0 Å². The first-order valence-corrected chi connectivity index (χ1v) is 9.81. The highest BCUT2D eigenvalue weighted by Crippen LogP contribution is 2.24. The van der Waals surface area contributed by atoms with Crippen molar-refractivity contribution in [2.45, 2.75) is 58.7 Å². The van der Waals surface area contributed by atoms with Gasteiger partial charge in [-0.15, -0.1) is 0 Å². The molecule has 0 aromatic carbocycles. The third-order valence-corrected chi connectivity index (χ3v) is 6.07. The number of fused-ring (bicyclic) bond motifs is 1. The van der Waals surface area contributed by atoms with Crippen LogP contribution in [0.5, 0.6) is 0 Å². The van der Waals surface area contributed by atoms with Gasteiger partial charge in [-0.2, -0.15) is 0 Å². The summed E-state index contributed by atoms with van der Waals surface area (Å²) >= 11 is 0. The van der Waals surface area contributed by atoms with Gasteiger partial charge in [0.25, 0.3) is 5.91 Å². The molecule has 0 saturated carbocycles. The van der Waals surface area contributed by atoms with Crippen LogP contribution in [0.25, 0.3) is 0 Å². The molecule has 0 bridgehead atoms. The minimum absolute atomic E-state index is 0.197. The van der Waals surface area contributed by atoms with Crippen molar-refractivity contribution in [3.8, 4) is 0 Å². The zero-order valence-electron chi connectivity index (χ0n) is 15.5. The molecule has 0 aliphatic carbocycles. The number of ether oxygens (including phenoxy) is 1. The Morgan fingerprint density at radius 1 is 1.20 bits per heavy atom. The fourth-order valence-electron chi connectivity index (χ4n) is 4.41. The summed E-state index contributed by atoms with van der Waals surface area (Å²) in [6.45, 7) is 10.5. The number of hydrogen-bond donors (Lipinski definition) is 0. The van der Waals surface area contributed by atoms with Crippen molar-refractivity contribution in [1.82, 2.24) is 19.4 Å². The van der Waals surface area contributed by atoms with Gasteiger partial charge in [-0.25, -0.2) is 4.98 Å². The van der Waals surface area contributed by atoms with Crippen molar-refractivity contribution in [2.24, 2.45) is 5.92 Å². The highest BCUT2D eigenvalue weighted by molar-refractivity contribution is 5.81. The molecule has 6 heteroatoms. The Morgan fingerprint density at radius 3 is 2.72 bits per heavy atom. The highest BCUT2D eigenvalue weighted by atomic mass is 16.5. The molecule has 2 atom stereocenters. The van der Waals surface area contributed by atoms with Crippen molar-refractivity contribution in [3.63, 3.8) is 0 Å². The third-order valence-electron chi connectivity index (χ3n) is 6.07. The monoisotopic (exact) mass is 346 g/mol. The van der Waals surface area contributed by atoms with E-state index in [0.29, 0.717) is 5.92 Å². The number of rotatable bonds is 3. The average molecular weight is 346 g/mol. The van der Waals surface area contributed by atoms with E-state index in [4.69, 9.17) is 9.72 Å². The summed E-state index contributed by atoms with van der Waals surface area (Å²) in [7, 11) is 0. The molecule has 0 N–H and O–H groups in total. The predicted molar refractivity (Wildman–Crippen MR) is 95.3 cm³/mol. The lowest BCUT2D eigenvalue weighted by molar-refractivity contribution is -0.144. The van der Waals surface area contributed by atoms with Gasteiger partial charge >= 0.3 is 0 Å². The summed E-state index contributed by atoms with van der Waals surface area (Å²) in [5.41, 5.74) is 2.56. The number of imidazole rings is 1. The Morgan fingerprint density at radius 2 is 2.00 bits per heavy atom. The van der Waals surface area contributed by atoms with Crippen LogP contribution < -0.4 is 0 Å². The van der Waals surface area contributed by atoms with E-state index in [2.05, 4.69) is 23.3 Å². The van der Waals surface area contributed by atoms with Crippen LogP contribution >= 0.6 is 0 Å². The maximum atomic E-state index is 12.6. The van der Waals surface area contributed by atoms with Gasteiger partial charge in [-0.1, -0.05) is 6.92 Å². The molecule has 4 heterocycles. The Kier molecular flexibility index (Phi) is 4.82. The second-order valence-electron chi connectivity index (χ2n) is 7.83. The van der Waals surface area contributed by atoms with Crippen LogP contribution in [0.15, 0.2) is 0 Å². The second-order valence-corrected chi connectivity index (χ2v) is 7.83. The molecule has 0 spiro atoms. The molecule has 25 heavy (non-hydrogen) atoms. The fourth-order valence-corrected chi connectivity index (χ4v) is 4.41. The van der Waals surface area contributed by atoms with Crippen LogP contribution in [0.2, 0.25) is 0 Å². The molecule has 0 unspecified atom stereocenters. The number of carbonyl (C=O) groups excluding carboxylic acids is 1. The Balaban J connectivity index is 1.35. The molecule has 138 valence electrons. The van der Waals surface area contributed by atoms with Crippen LogP contribution in [-0.2, 0) is 29.0 Å². The average Bonchev–Trinajstić information content (AvgIpc) is 3.19. The molecular weight excluding hydrogens is 316 g/mol. The number of nitrogens with zero attached hydrogens (tertiary/aromatic N) is 4. The van der Waals surface area contributed by atoms with E-state index in [-0.39, 0.29) is 12.0 Å². The van der Waals surface area contributed by atoms with E-state index < -0.39 is 0 Å². The first-order valence-electron chi connectivity index (χ1n) is 9.81. The SMILES string of the molecule is Cc1nc2n(c1CN1CCN(C(=O)[C@H]3OCC[C@H]3C)CC1)CCCC2. The van der Waals surface area contributed by atoms with Gasteiger partial charge in [-0.05, 0) is 32.1 Å². The quantitative estimate of drug-likeness (QED) is 0.834. The summed E-state index contributed by atoms with van der Waals surface area (Å²) < 4.78 is 8.09. The van der Waals surface area contributed by atoms with Crippen molar-refractivity contribution in [1.29, 1.82) is 0 Å². The molecule has 1 aromatic heterocycles. The Hall–Kier alpha value is -1.40. The van der Waals surface area contributed by atoms with Gasteiger partial charge in [-0.3, -0.25) is 9.69 Å². The van der Waals surface area contributed by atoms with Crippen LogP contribution in [0.1, 0.15) is 43.4 Å². The van der Waals surface area contributed by atoms with Crippen LogP contribution in [-0.4, -0.2) is 64.1 Å². The minimum atomic E-state index is -0.212. The van der Waals surface area contributed by atoms with Crippen LogP contribution in [0, 0.1) is 12.8 Å². The molecule has 2 saturated heterocycles. The minimum Gasteiger partial charge on any atom is -0.368 e. The van der Waals surface area contributed by atoms with E-state index in [1.54, 1.807) is 0 Å². The van der Waals surface area contributed by atoms with Crippen LogP contribution in [0.4, 0.5) is 0 Å². The first kappa shape index (κ1) is 17.0. The fraction of sp³-hybridized carbons (Fsp3) is 0.789. The summed E-state index contributed by atoms with van der Waals surface area (Å²) in [6.07, 6.45) is 4.43. The largest absolute Gasteiger partial charge is 0.368 e. The molecule has 2 fully saturated rings. The maximum Gasteiger partial charge on any atom is 0.252 e. The molecule has 3 aliphatic heterocycles. The third kappa shape index (κ3) is 3.34.